The molecule has 0 radical (unpaired) electrons. The lowest BCUT2D eigenvalue weighted by atomic mass is 10.2. The summed E-state index contributed by atoms with van der Waals surface area (Å²) in [6.07, 6.45) is 4.09. The first-order valence-electron chi connectivity index (χ1n) is 7.11. The van der Waals surface area contributed by atoms with E-state index in [1.165, 1.54) is 21.4 Å². The molecule has 3 rings (SSSR count). The van der Waals surface area contributed by atoms with Gasteiger partial charge in [-0.25, -0.2) is 8.42 Å². The topological polar surface area (TPSA) is 61.1 Å². The van der Waals surface area contributed by atoms with E-state index in [4.69, 9.17) is 0 Å². The summed E-state index contributed by atoms with van der Waals surface area (Å²) in [5, 5.41) is 0. The van der Waals surface area contributed by atoms with Crippen LogP contribution in [-0.2, 0) is 10.1 Å². The van der Waals surface area contributed by atoms with Crippen molar-refractivity contribution in [2.45, 2.75) is 11.8 Å². The summed E-state index contributed by atoms with van der Waals surface area (Å²) in [5.41, 5.74) is 2.12. The van der Waals surface area contributed by atoms with E-state index >= 15 is 0 Å². The summed E-state index contributed by atoms with van der Waals surface area (Å²) < 4.78 is 34.5. The van der Waals surface area contributed by atoms with E-state index in [1.807, 2.05) is 37.5 Å². The van der Waals surface area contributed by atoms with Crippen molar-refractivity contribution >= 4 is 32.7 Å². The molecule has 124 valence electrons. The fourth-order valence-corrected chi connectivity index (χ4v) is 2.72. The molecule has 24 heavy (non-hydrogen) atoms. The quantitative estimate of drug-likeness (QED) is 0.339. The highest BCUT2D eigenvalue weighted by molar-refractivity contribution is 14.1. The lowest BCUT2D eigenvalue weighted by Gasteiger charge is -2.05. The average molecular weight is 453 g/mol. The van der Waals surface area contributed by atoms with Crippen molar-refractivity contribution in [2.24, 2.45) is 0 Å². The van der Waals surface area contributed by atoms with Crippen molar-refractivity contribution in [1.29, 1.82) is 0 Å². The minimum atomic E-state index is -4.27. The van der Waals surface area contributed by atoms with Crippen molar-refractivity contribution in [3.63, 3.8) is 0 Å². The number of pyridine rings is 1. The highest BCUT2D eigenvalue weighted by atomic mass is 127. The van der Waals surface area contributed by atoms with Gasteiger partial charge in [0.15, 0.2) is 12.4 Å². The van der Waals surface area contributed by atoms with Gasteiger partial charge in [-0.15, -0.1) is 0 Å². The number of nitrogens with zero attached hydrogens (tertiary/aromatic N) is 1. The van der Waals surface area contributed by atoms with Crippen molar-refractivity contribution in [1.82, 2.24) is 0 Å². The number of aryl methyl sites for hydroxylation is 1. The summed E-state index contributed by atoms with van der Waals surface area (Å²) in [4.78, 5) is -0.178. The van der Waals surface area contributed by atoms with Gasteiger partial charge in [0.25, 0.3) is 0 Å². The van der Waals surface area contributed by atoms with Crippen LogP contribution < -0.4 is 4.57 Å². The fourth-order valence-electron chi connectivity index (χ4n) is 1.89. The van der Waals surface area contributed by atoms with Gasteiger partial charge in [-0.2, -0.15) is 4.57 Å². The second-order valence-corrected chi connectivity index (χ2v) is 7.65. The van der Waals surface area contributed by atoms with Crippen LogP contribution in [-0.4, -0.2) is 13.0 Å². The predicted octanol–water partition coefficient (Wildman–Crippen LogP) is 3.47. The van der Waals surface area contributed by atoms with E-state index in [0.29, 0.717) is 0 Å². The zero-order chi connectivity index (χ0) is 17.6. The highest BCUT2D eigenvalue weighted by Crippen LogP contribution is 2.08. The smallest absolute Gasteiger partial charge is 0.210 e. The number of aromatic nitrogens is 1. The van der Waals surface area contributed by atoms with Gasteiger partial charge in [0.1, 0.15) is 10.1 Å². The van der Waals surface area contributed by atoms with Crippen LogP contribution in [0.4, 0.5) is 0 Å². The molecular weight excluding hydrogens is 437 g/mol. The van der Waals surface area contributed by atoms with E-state index in [1.54, 1.807) is 12.1 Å². The molecule has 4 nitrogen and oxygen atoms in total. The second-order valence-electron chi connectivity index (χ2n) is 5.03. The Bertz CT molecular complexity index is 878. The van der Waals surface area contributed by atoms with Crippen LogP contribution in [0.25, 0.3) is 5.69 Å². The monoisotopic (exact) mass is 453 g/mol. The van der Waals surface area contributed by atoms with Gasteiger partial charge < -0.3 is 4.55 Å². The zero-order valence-corrected chi connectivity index (χ0v) is 15.9. The summed E-state index contributed by atoms with van der Waals surface area (Å²) in [6, 6.07) is 20.3. The maximum Gasteiger partial charge on any atom is 0.210 e. The molecule has 6 heteroatoms. The molecule has 1 heterocycles. The normalized spacial score (nSPS) is 10.6. The number of hydrogen-bond acceptors (Lipinski definition) is 3. The van der Waals surface area contributed by atoms with Crippen molar-refractivity contribution in [3.05, 3.63) is 88.3 Å². The Morgan fingerprint density at radius 2 is 1.42 bits per heavy atom. The van der Waals surface area contributed by atoms with Gasteiger partial charge in [0.05, 0.1) is 4.90 Å². The molecular formula is C18H16INO3S. The Hall–Kier alpha value is -1.77. The van der Waals surface area contributed by atoms with Gasteiger partial charge in [0, 0.05) is 27.8 Å². The van der Waals surface area contributed by atoms with Gasteiger partial charge in [-0.05, 0) is 53.8 Å². The fraction of sp³-hybridized carbons (Fsp3) is 0.0556. The number of rotatable bonds is 2. The van der Waals surface area contributed by atoms with Crippen LogP contribution in [0.2, 0.25) is 0 Å². The lowest BCUT2D eigenvalue weighted by Crippen LogP contribution is -2.28. The number of halogens is 1. The van der Waals surface area contributed by atoms with Gasteiger partial charge in [0.2, 0.25) is 5.69 Å². The minimum absolute atomic E-state index is 0.178. The molecule has 0 unspecified atom stereocenters. The Labute approximate surface area is 155 Å². The van der Waals surface area contributed by atoms with Crippen LogP contribution >= 0.6 is 22.6 Å². The highest BCUT2D eigenvalue weighted by Gasteiger charge is 2.01. The molecule has 1 aromatic heterocycles. The van der Waals surface area contributed by atoms with Crippen LogP contribution in [0.3, 0.4) is 0 Å². The predicted molar refractivity (Wildman–Crippen MR) is 99.8 cm³/mol. The third-order valence-corrected chi connectivity index (χ3v) is 4.72. The largest absolute Gasteiger partial charge is 0.744 e. The molecule has 0 aliphatic heterocycles. The molecule has 0 amide bonds. The standard InChI is InChI=1S/C11H9IN.C7H8O3S/c12-10-4-6-11(7-5-10)13-8-2-1-3-9-13;1-6-2-4-7(5-3-6)11(8,9)10/h1-9H;2-5H,1H3,(H,8,9,10)/q+1;/p-1. The number of hydrogen-bond donors (Lipinski definition) is 0. The van der Waals surface area contributed by atoms with Crippen molar-refractivity contribution < 1.29 is 17.5 Å². The van der Waals surface area contributed by atoms with Gasteiger partial charge in [-0.3, -0.25) is 0 Å². The van der Waals surface area contributed by atoms with Crippen LogP contribution in [0.5, 0.6) is 0 Å². The van der Waals surface area contributed by atoms with Crippen LogP contribution in [0.15, 0.2) is 84.0 Å². The third-order valence-electron chi connectivity index (χ3n) is 3.15. The molecule has 0 N–H and O–H groups in total. The molecule has 0 bridgehead atoms. The summed E-state index contributed by atoms with van der Waals surface area (Å²) in [7, 11) is -4.27. The summed E-state index contributed by atoms with van der Waals surface area (Å²) in [6.45, 7) is 1.82. The first-order chi connectivity index (χ1) is 11.4. The first kappa shape index (κ1) is 18.6. The molecule has 0 saturated heterocycles. The lowest BCUT2D eigenvalue weighted by molar-refractivity contribution is -0.595. The Morgan fingerprint density at radius 3 is 1.92 bits per heavy atom. The van der Waals surface area contributed by atoms with Gasteiger partial charge in [-0.1, -0.05) is 23.8 Å². The maximum absolute atomic E-state index is 10.4. The summed E-state index contributed by atoms with van der Waals surface area (Å²) >= 11 is 2.31. The maximum atomic E-state index is 10.4. The molecule has 3 aromatic rings. The first-order valence-corrected chi connectivity index (χ1v) is 9.60. The van der Waals surface area contributed by atoms with E-state index < -0.39 is 10.1 Å². The van der Waals surface area contributed by atoms with E-state index in [2.05, 4.69) is 51.4 Å². The Balaban J connectivity index is 0.000000177. The Kier molecular flexibility index (Phi) is 6.47. The summed E-state index contributed by atoms with van der Waals surface area (Å²) in [5.74, 6) is 0. The van der Waals surface area contributed by atoms with Crippen LogP contribution in [0.1, 0.15) is 5.56 Å². The average Bonchev–Trinajstić information content (AvgIpc) is 2.56. The Morgan fingerprint density at radius 1 is 0.875 bits per heavy atom. The van der Waals surface area contributed by atoms with Crippen molar-refractivity contribution in [2.75, 3.05) is 0 Å². The van der Waals surface area contributed by atoms with Crippen LogP contribution in [0, 0.1) is 10.5 Å². The van der Waals surface area contributed by atoms with E-state index in [9.17, 15) is 13.0 Å². The molecule has 0 fully saturated rings. The van der Waals surface area contributed by atoms with E-state index in [-0.39, 0.29) is 4.90 Å². The second kappa shape index (κ2) is 8.36. The molecule has 0 spiro atoms. The number of benzene rings is 2. The molecule has 0 aliphatic carbocycles. The van der Waals surface area contributed by atoms with Gasteiger partial charge >= 0.3 is 0 Å². The molecule has 0 atom stereocenters. The third kappa shape index (κ3) is 5.70. The minimum Gasteiger partial charge on any atom is -0.744 e. The molecule has 2 aromatic carbocycles. The molecule has 0 aliphatic rings. The molecule has 0 saturated carbocycles. The zero-order valence-electron chi connectivity index (χ0n) is 13.0. The van der Waals surface area contributed by atoms with Crippen molar-refractivity contribution in [3.8, 4) is 5.69 Å². The van der Waals surface area contributed by atoms with E-state index in [0.717, 1.165) is 5.56 Å². The SMILES string of the molecule is Cc1ccc(S(=O)(=O)[O-])cc1.Ic1ccc(-[n+]2ccccc2)cc1.